The molecule has 3 aromatic rings. The number of rotatable bonds is 10. The summed E-state index contributed by atoms with van der Waals surface area (Å²) >= 11 is 0. The average Bonchev–Trinajstić information content (AvgIpc) is 2.81. The Morgan fingerprint density at radius 3 is 1.32 bits per heavy atom. The lowest BCUT2D eigenvalue weighted by molar-refractivity contribution is 0.436. The Bertz CT molecular complexity index is 1030. The van der Waals surface area contributed by atoms with Crippen LogP contribution >= 0.6 is 0 Å². The van der Waals surface area contributed by atoms with Crippen molar-refractivity contribution in [2.24, 2.45) is 0 Å². The molecule has 0 saturated heterocycles. The molecule has 0 aliphatic heterocycles. The van der Waals surface area contributed by atoms with Gasteiger partial charge in [0.05, 0.1) is 0 Å². The molecule has 0 amide bonds. The molecule has 182 valence electrons. The van der Waals surface area contributed by atoms with Crippen LogP contribution < -0.4 is 0 Å². The largest absolute Gasteiger partial charge is 0.508 e. The molecule has 3 aromatic carbocycles. The molecule has 3 rings (SSSR count). The zero-order chi connectivity index (χ0) is 24.8. The molecule has 0 fully saturated rings. The highest BCUT2D eigenvalue weighted by atomic mass is 16.3. The summed E-state index contributed by atoms with van der Waals surface area (Å²) in [6.07, 6.45) is 5.77. The number of hydrogen-bond acceptors (Lipinski definition) is 3. The van der Waals surface area contributed by atoms with E-state index >= 15 is 0 Å². The zero-order valence-corrected chi connectivity index (χ0v) is 21.4. The smallest absolute Gasteiger partial charge is 0.123 e. The number of unbranched alkanes of at least 4 members (excludes halogenated alkanes) is 2. The Balaban J connectivity index is 2.21. The first-order valence-corrected chi connectivity index (χ1v) is 12.7. The lowest BCUT2D eigenvalue weighted by Gasteiger charge is -2.26. The number of aromatic hydroxyl groups is 3. The molecule has 2 unspecified atom stereocenters. The fraction of sp³-hybridized carbons (Fsp3) is 0.419. The van der Waals surface area contributed by atoms with Crippen LogP contribution in [0.15, 0.2) is 48.5 Å². The summed E-state index contributed by atoms with van der Waals surface area (Å²) < 4.78 is 0. The Hall–Kier alpha value is -2.94. The number of hydrogen-bond donors (Lipinski definition) is 3. The zero-order valence-electron chi connectivity index (χ0n) is 21.4. The molecule has 3 heteroatoms. The Morgan fingerprint density at radius 1 is 0.559 bits per heavy atom. The van der Waals surface area contributed by atoms with Crippen molar-refractivity contribution in [2.45, 2.75) is 85.0 Å². The maximum absolute atomic E-state index is 11.7. The molecule has 0 aromatic heterocycles. The first kappa shape index (κ1) is 25.7. The van der Waals surface area contributed by atoms with Gasteiger partial charge in [-0.05, 0) is 45.7 Å². The number of benzene rings is 3. The van der Waals surface area contributed by atoms with Crippen LogP contribution in [0.25, 0.3) is 0 Å². The molecular formula is C31H40O3. The molecule has 0 radical (unpaired) electrons. The lowest BCUT2D eigenvalue weighted by Crippen LogP contribution is -2.08. The highest BCUT2D eigenvalue weighted by molar-refractivity contribution is 5.55. The van der Waals surface area contributed by atoms with E-state index < -0.39 is 0 Å². The molecule has 0 heterocycles. The topological polar surface area (TPSA) is 60.7 Å². The van der Waals surface area contributed by atoms with Gasteiger partial charge in [0.25, 0.3) is 0 Å². The van der Waals surface area contributed by atoms with Crippen LogP contribution in [0.4, 0.5) is 0 Å². The van der Waals surface area contributed by atoms with Crippen molar-refractivity contribution in [1.29, 1.82) is 0 Å². The highest BCUT2D eigenvalue weighted by Gasteiger charge is 2.27. The van der Waals surface area contributed by atoms with Crippen LogP contribution in [-0.4, -0.2) is 15.3 Å². The van der Waals surface area contributed by atoms with Crippen molar-refractivity contribution < 1.29 is 15.3 Å². The molecule has 3 nitrogen and oxygen atoms in total. The van der Waals surface area contributed by atoms with Gasteiger partial charge in [0.15, 0.2) is 0 Å². The molecule has 0 spiro atoms. The number of aryl methyl sites for hydroxylation is 3. The van der Waals surface area contributed by atoms with E-state index in [9.17, 15) is 15.3 Å². The van der Waals surface area contributed by atoms with Gasteiger partial charge in [-0.2, -0.15) is 0 Å². The minimum atomic E-state index is -0.101. The molecule has 0 bridgehead atoms. The second-order valence-electron chi connectivity index (χ2n) is 9.81. The van der Waals surface area contributed by atoms with Crippen LogP contribution in [0.1, 0.15) is 103 Å². The predicted octanol–water partition coefficient (Wildman–Crippen LogP) is 8.37. The monoisotopic (exact) mass is 460 g/mol. The van der Waals surface area contributed by atoms with Crippen LogP contribution in [-0.2, 0) is 0 Å². The van der Waals surface area contributed by atoms with Crippen LogP contribution in [0.2, 0.25) is 0 Å². The van der Waals surface area contributed by atoms with Gasteiger partial charge in [-0.3, -0.25) is 0 Å². The van der Waals surface area contributed by atoms with Crippen molar-refractivity contribution in [2.75, 3.05) is 0 Å². The normalized spacial score (nSPS) is 13.1. The van der Waals surface area contributed by atoms with E-state index in [0.29, 0.717) is 0 Å². The van der Waals surface area contributed by atoms with Gasteiger partial charge in [0.1, 0.15) is 17.2 Å². The van der Waals surface area contributed by atoms with Crippen molar-refractivity contribution in [3.8, 4) is 17.2 Å². The maximum Gasteiger partial charge on any atom is 0.123 e. The first-order valence-electron chi connectivity index (χ1n) is 12.7. The summed E-state index contributed by atoms with van der Waals surface area (Å²) in [7, 11) is 0. The third-order valence-corrected chi connectivity index (χ3v) is 6.87. The minimum absolute atomic E-state index is 0.101. The van der Waals surface area contributed by atoms with Gasteiger partial charge in [-0.25, -0.2) is 0 Å². The Kier molecular flexibility index (Phi) is 8.66. The van der Waals surface area contributed by atoms with Gasteiger partial charge in [0, 0.05) is 34.1 Å². The summed E-state index contributed by atoms with van der Waals surface area (Å²) in [6, 6.07) is 15.5. The third-order valence-electron chi connectivity index (χ3n) is 6.87. The van der Waals surface area contributed by atoms with Crippen molar-refractivity contribution >= 4 is 0 Å². The summed E-state index contributed by atoms with van der Waals surface area (Å²) in [4.78, 5) is 0. The van der Waals surface area contributed by atoms with Crippen molar-refractivity contribution in [1.82, 2.24) is 0 Å². The highest BCUT2D eigenvalue weighted by Crippen LogP contribution is 2.46. The summed E-state index contributed by atoms with van der Waals surface area (Å²) in [5.74, 6) is 0.628. The van der Waals surface area contributed by atoms with E-state index in [0.717, 1.165) is 77.5 Å². The number of phenols is 3. The first-order chi connectivity index (χ1) is 16.3. The quantitative estimate of drug-likeness (QED) is 0.285. The average molecular weight is 461 g/mol. The third kappa shape index (κ3) is 5.75. The summed E-state index contributed by atoms with van der Waals surface area (Å²) in [6.45, 7) is 10.4. The van der Waals surface area contributed by atoms with Crippen LogP contribution in [0, 0.1) is 20.8 Å². The summed E-state index contributed by atoms with van der Waals surface area (Å²) in [5.41, 5.74) is 6.70. The molecular weight excluding hydrogens is 420 g/mol. The number of phenolic OH excluding ortho intramolecular Hbond substituents is 3. The summed E-state index contributed by atoms with van der Waals surface area (Å²) in [5, 5.41) is 33.2. The lowest BCUT2D eigenvalue weighted by atomic mass is 9.79. The van der Waals surface area contributed by atoms with Gasteiger partial charge < -0.3 is 15.3 Å². The second kappa shape index (κ2) is 11.5. The minimum Gasteiger partial charge on any atom is -0.508 e. The van der Waals surface area contributed by atoms with E-state index in [4.69, 9.17) is 0 Å². The van der Waals surface area contributed by atoms with Crippen molar-refractivity contribution in [3.63, 3.8) is 0 Å². The standard InChI is InChI=1S/C31H40O3/c1-6-8-10-23(25-16-20(3)12-14-29(25)32)27-18-22(5)19-28(31(27)34)24(11-9-7-2)26-17-21(4)13-15-30(26)33/h12-19,23-24,32-34H,6-11H2,1-5H3. The van der Waals surface area contributed by atoms with E-state index in [1.807, 2.05) is 38.1 Å². The Labute approximate surface area is 205 Å². The molecule has 0 aliphatic rings. The molecule has 34 heavy (non-hydrogen) atoms. The van der Waals surface area contributed by atoms with Crippen molar-refractivity contribution in [3.05, 3.63) is 87.5 Å². The molecule has 0 saturated carbocycles. The second-order valence-corrected chi connectivity index (χ2v) is 9.81. The van der Waals surface area contributed by atoms with E-state index in [1.54, 1.807) is 12.1 Å². The van der Waals surface area contributed by atoms with Gasteiger partial charge >= 0.3 is 0 Å². The molecule has 2 atom stereocenters. The van der Waals surface area contributed by atoms with Gasteiger partial charge in [0.2, 0.25) is 0 Å². The van der Waals surface area contributed by atoms with Crippen LogP contribution in [0.5, 0.6) is 17.2 Å². The van der Waals surface area contributed by atoms with E-state index in [2.05, 4.69) is 32.9 Å². The van der Waals surface area contributed by atoms with E-state index in [1.165, 1.54) is 0 Å². The Morgan fingerprint density at radius 2 is 0.941 bits per heavy atom. The van der Waals surface area contributed by atoms with Gasteiger partial charge in [-0.1, -0.05) is 92.6 Å². The molecule has 3 N–H and O–H groups in total. The van der Waals surface area contributed by atoms with Crippen LogP contribution in [0.3, 0.4) is 0 Å². The van der Waals surface area contributed by atoms with Gasteiger partial charge in [-0.15, -0.1) is 0 Å². The maximum atomic E-state index is 11.7. The fourth-order valence-corrected chi connectivity index (χ4v) is 5.05. The fourth-order valence-electron chi connectivity index (χ4n) is 5.05. The SMILES string of the molecule is CCCCC(c1cc(C)ccc1O)c1cc(C)cc(C(CCCC)c2cc(C)ccc2O)c1O. The predicted molar refractivity (Wildman–Crippen MR) is 141 cm³/mol. The molecule has 0 aliphatic carbocycles. The van der Waals surface area contributed by atoms with E-state index in [-0.39, 0.29) is 29.1 Å².